The number of halogens is 3. The quantitative estimate of drug-likeness (QED) is 0.457. The summed E-state index contributed by atoms with van der Waals surface area (Å²) in [4.78, 5) is 0. The molecular formula is C21H14ClF2N3O. The van der Waals surface area contributed by atoms with Crippen molar-refractivity contribution in [1.82, 2.24) is 10.2 Å². The van der Waals surface area contributed by atoms with Crippen molar-refractivity contribution in [1.29, 1.82) is 0 Å². The summed E-state index contributed by atoms with van der Waals surface area (Å²) in [6.07, 6.45) is 0. The first-order valence-electron chi connectivity index (χ1n) is 8.46. The predicted molar refractivity (Wildman–Crippen MR) is 103 cm³/mol. The molecule has 0 amide bonds. The van der Waals surface area contributed by atoms with Crippen LogP contribution in [-0.2, 0) is 0 Å². The number of hydrogen-bond donors (Lipinski definition) is 1. The highest BCUT2D eigenvalue weighted by molar-refractivity contribution is 6.33. The zero-order chi connectivity index (χ0) is 19.5. The Bertz CT molecular complexity index is 1100. The second-order valence-corrected chi connectivity index (χ2v) is 6.45. The van der Waals surface area contributed by atoms with E-state index < -0.39 is 17.7 Å². The third kappa shape index (κ3) is 3.73. The summed E-state index contributed by atoms with van der Waals surface area (Å²) in [5.41, 5.74) is 1.81. The molecule has 0 aliphatic rings. The summed E-state index contributed by atoms with van der Waals surface area (Å²) in [6, 6.07) is 19.5. The van der Waals surface area contributed by atoms with Crippen molar-refractivity contribution in [3.05, 3.63) is 101 Å². The van der Waals surface area contributed by atoms with Crippen LogP contribution in [0.25, 0.3) is 11.5 Å². The standard InChI is InChI=1S/C21H14ClF2N3O/c22-16-9-5-4-8-15(16)20-26-27-21(28-20)19(13-6-2-1-3-7-13)25-14-10-11-17(23)18(24)12-14/h1-12,19,25H. The van der Waals surface area contributed by atoms with Crippen molar-refractivity contribution < 1.29 is 13.2 Å². The number of hydrogen-bond acceptors (Lipinski definition) is 4. The number of nitrogens with one attached hydrogen (secondary N) is 1. The summed E-state index contributed by atoms with van der Waals surface area (Å²) in [5, 5.41) is 11.8. The molecule has 3 aromatic carbocycles. The Morgan fingerprint density at radius 3 is 2.36 bits per heavy atom. The van der Waals surface area contributed by atoms with Gasteiger partial charge >= 0.3 is 0 Å². The van der Waals surface area contributed by atoms with Crippen LogP contribution >= 0.6 is 11.6 Å². The van der Waals surface area contributed by atoms with Gasteiger partial charge in [0.05, 0.1) is 10.6 Å². The number of benzene rings is 3. The molecule has 4 aromatic rings. The maximum absolute atomic E-state index is 13.6. The molecule has 7 heteroatoms. The highest BCUT2D eigenvalue weighted by Crippen LogP contribution is 2.31. The smallest absolute Gasteiger partial charge is 0.249 e. The molecule has 0 spiro atoms. The summed E-state index contributed by atoms with van der Waals surface area (Å²) >= 11 is 6.21. The van der Waals surface area contributed by atoms with Crippen molar-refractivity contribution in [2.24, 2.45) is 0 Å². The van der Waals surface area contributed by atoms with Gasteiger partial charge in [-0.05, 0) is 29.8 Å². The van der Waals surface area contributed by atoms with Gasteiger partial charge in [-0.25, -0.2) is 8.78 Å². The van der Waals surface area contributed by atoms with Gasteiger partial charge in [0.1, 0.15) is 6.04 Å². The lowest BCUT2D eigenvalue weighted by Crippen LogP contribution is -2.13. The Morgan fingerprint density at radius 2 is 1.61 bits per heavy atom. The van der Waals surface area contributed by atoms with Crippen LogP contribution in [-0.4, -0.2) is 10.2 Å². The molecule has 1 heterocycles. The molecule has 0 bridgehead atoms. The first kappa shape index (κ1) is 18.1. The van der Waals surface area contributed by atoms with E-state index in [0.717, 1.165) is 17.7 Å². The fourth-order valence-corrected chi connectivity index (χ4v) is 3.00. The molecule has 0 fully saturated rings. The molecule has 1 aromatic heterocycles. The highest BCUT2D eigenvalue weighted by Gasteiger charge is 2.22. The van der Waals surface area contributed by atoms with Gasteiger partial charge in [-0.15, -0.1) is 10.2 Å². The van der Waals surface area contributed by atoms with Crippen LogP contribution in [0.2, 0.25) is 5.02 Å². The van der Waals surface area contributed by atoms with E-state index in [9.17, 15) is 8.78 Å². The molecule has 140 valence electrons. The Balaban J connectivity index is 1.72. The molecule has 1 atom stereocenters. The molecule has 0 aliphatic heterocycles. The average molecular weight is 398 g/mol. The summed E-state index contributed by atoms with van der Waals surface area (Å²) < 4.78 is 32.7. The first-order chi connectivity index (χ1) is 13.6. The van der Waals surface area contributed by atoms with Crippen LogP contribution in [0.1, 0.15) is 17.5 Å². The zero-order valence-electron chi connectivity index (χ0n) is 14.4. The van der Waals surface area contributed by atoms with Crippen molar-refractivity contribution >= 4 is 17.3 Å². The minimum Gasteiger partial charge on any atom is -0.418 e. The van der Waals surface area contributed by atoms with E-state index in [4.69, 9.17) is 16.0 Å². The van der Waals surface area contributed by atoms with Gasteiger partial charge in [0.15, 0.2) is 11.6 Å². The van der Waals surface area contributed by atoms with Crippen molar-refractivity contribution in [3.63, 3.8) is 0 Å². The molecule has 28 heavy (non-hydrogen) atoms. The summed E-state index contributed by atoms with van der Waals surface area (Å²) in [7, 11) is 0. The summed E-state index contributed by atoms with van der Waals surface area (Å²) in [5.74, 6) is -1.32. The fourth-order valence-electron chi connectivity index (χ4n) is 2.78. The van der Waals surface area contributed by atoms with Crippen LogP contribution in [0, 0.1) is 11.6 Å². The molecule has 0 radical (unpaired) electrons. The largest absolute Gasteiger partial charge is 0.418 e. The van der Waals surface area contributed by atoms with Crippen molar-refractivity contribution in [2.45, 2.75) is 6.04 Å². The highest BCUT2D eigenvalue weighted by atomic mass is 35.5. The second kappa shape index (κ2) is 7.78. The Morgan fingerprint density at radius 1 is 0.857 bits per heavy atom. The van der Waals surface area contributed by atoms with Gasteiger partial charge in [-0.1, -0.05) is 54.1 Å². The normalized spacial score (nSPS) is 12.0. The third-order valence-corrected chi connectivity index (χ3v) is 4.48. The van der Waals surface area contributed by atoms with E-state index in [1.54, 1.807) is 18.2 Å². The van der Waals surface area contributed by atoms with Crippen LogP contribution in [0.4, 0.5) is 14.5 Å². The monoisotopic (exact) mass is 397 g/mol. The minimum absolute atomic E-state index is 0.269. The maximum atomic E-state index is 13.6. The van der Waals surface area contributed by atoms with Crippen LogP contribution in [0.3, 0.4) is 0 Å². The van der Waals surface area contributed by atoms with Gasteiger partial charge in [0, 0.05) is 11.8 Å². The molecular weight excluding hydrogens is 384 g/mol. The van der Waals surface area contributed by atoms with E-state index in [1.165, 1.54) is 6.07 Å². The average Bonchev–Trinajstić information content (AvgIpc) is 3.19. The van der Waals surface area contributed by atoms with E-state index in [2.05, 4.69) is 15.5 Å². The lowest BCUT2D eigenvalue weighted by molar-refractivity contribution is 0.493. The molecule has 1 N–H and O–H groups in total. The predicted octanol–water partition coefficient (Wildman–Crippen LogP) is 5.87. The van der Waals surface area contributed by atoms with Crippen LogP contribution < -0.4 is 5.32 Å². The Labute approximate surface area is 164 Å². The lowest BCUT2D eigenvalue weighted by atomic mass is 10.1. The van der Waals surface area contributed by atoms with E-state index >= 15 is 0 Å². The van der Waals surface area contributed by atoms with Gasteiger partial charge < -0.3 is 9.73 Å². The van der Waals surface area contributed by atoms with E-state index in [-0.39, 0.29) is 11.8 Å². The van der Waals surface area contributed by atoms with Gasteiger partial charge in [-0.3, -0.25) is 0 Å². The molecule has 0 saturated heterocycles. The first-order valence-corrected chi connectivity index (χ1v) is 8.84. The number of anilines is 1. The van der Waals surface area contributed by atoms with Crippen LogP contribution in [0.15, 0.2) is 77.2 Å². The zero-order valence-corrected chi connectivity index (χ0v) is 15.2. The Hall–Kier alpha value is -3.25. The van der Waals surface area contributed by atoms with E-state index in [0.29, 0.717) is 16.3 Å². The molecule has 4 rings (SSSR count). The topological polar surface area (TPSA) is 51.0 Å². The van der Waals surface area contributed by atoms with Crippen molar-refractivity contribution in [3.8, 4) is 11.5 Å². The molecule has 0 saturated carbocycles. The van der Waals surface area contributed by atoms with Gasteiger partial charge in [0.2, 0.25) is 11.8 Å². The lowest BCUT2D eigenvalue weighted by Gasteiger charge is -2.17. The number of nitrogens with zero attached hydrogens (tertiary/aromatic N) is 2. The van der Waals surface area contributed by atoms with Crippen LogP contribution in [0.5, 0.6) is 0 Å². The Kier molecular flexibility index (Phi) is 5.04. The SMILES string of the molecule is Fc1ccc(NC(c2ccccc2)c2nnc(-c3ccccc3Cl)o2)cc1F. The summed E-state index contributed by atoms with van der Waals surface area (Å²) in [6.45, 7) is 0. The van der Waals surface area contributed by atoms with Gasteiger partial charge in [0.25, 0.3) is 0 Å². The molecule has 1 unspecified atom stereocenters. The molecule has 4 nitrogen and oxygen atoms in total. The van der Waals surface area contributed by atoms with Crippen molar-refractivity contribution in [2.75, 3.05) is 5.32 Å². The second-order valence-electron chi connectivity index (χ2n) is 6.04. The third-order valence-electron chi connectivity index (χ3n) is 4.16. The number of rotatable bonds is 5. The van der Waals surface area contributed by atoms with E-state index in [1.807, 2.05) is 36.4 Å². The minimum atomic E-state index is -0.945. The molecule has 0 aliphatic carbocycles. The fraction of sp³-hybridized carbons (Fsp3) is 0.0476. The number of aromatic nitrogens is 2. The van der Waals surface area contributed by atoms with Gasteiger partial charge in [-0.2, -0.15) is 0 Å². The maximum Gasteiger partial charge on any atom is 0.249 e.